The molecule has 2 nitrogen and oxygen atoms in total. The van der Waals surface area contributed by atoms with Crippen LogP contribution < -0.4 is 0 Å². The van der Waals surface area contributed by atoms with E-state index in [4.69, 9.17) is 4.74 Å². The fourth-order valence-electron chi connectivity index (χ4n) is 4.13. The molecule has 0 bridgehead atoms. The van der Waals surface area contributed by atoms with Gasteiger partial charge in [0, 0.05) is 10.0 Å². The first-order chi connectivity index (χ1) is 14.2. The Morgan fingerprint density at radius 3 is 2.03 bits per heavy atom. The smallest absolute Gasteiger partial charge is 0.339 e. The summed E-state index contributed by atoms with van der Waals surface area (Å²) in [5.74, 6) is -0.321. The van der Waals surface area contributed by atoms with Crippen molar-refractivity contribution in [1.29, 1.82) is 0 Å². The topological polar surface area (TPSA) is 26.3 Å². The molecule has 0 saturated heterocycles. The Kier molecular flexibility index (Phi) is 4.33. The van der Waals surface area contributed by atoms with E-state index in [0.29, 0.717) is 5.56 Å². The van der Waals surface area contributed by atoms with E-state index < -0.39 is 0 Å². The van der Waals surface area contributed by atoms with E-state index in [2.05, 4.69) is 64.5 Å². The van der Waals surface area contributed by atoms with E-state index >= 15 is 0 Å². The highest BCUT2D eigenvalue weighted by Crippen LogP contribution is 2.40. The highest BCUT2D eigenvalue weighted by Gasteiger charge is 2.21. The predicted octanol–water partition coefficient (Wildman–Crippen LogP) is 7.36. The molecule has 0 N–H and O–H groups in total. The Balaban J connectivity index is 1.96. The third kappa shape index (κ3) is 2.90. The molecule has 29 heavy (non-hydrogen) atoms. The molecule has 0 atom stereocenters. The minimum atomic E-state index is -0.321. The summed E-state index contributed by atoms with van der Waals surface area (Å²) in [5, 5.41) is 6.40. The Labute approximate surface area is 176 Å². The largest absolute Gasteiger partial charge is 0.465 e. The maximum atomic E-state index is 12.9. The molecule has 0 radical (unpaired) electrons. The molecule has 0 saturated carbocycles. The van der Waals surface area contributed by atoms with Crippen LogP contribution in [0.2, 0.25) is 0 Å². The number of hydrogen-bond acceptors (Lipinski definition) is 2. The molecule has 0 amide bonds. The van der Waals surface area contributed by atoms with Crippen molar-refractivity contribution in [3.8, 4) is 11.1 Å². The zero-order valence-corrected chi connectivity index (χ0v) is 17.4. The minimum absolute atomic E-state index is 0.321. The fourth-order valence-corrected chi connectivity index (χ4v) is 4.51. The van der Waals surface area contributed by atoms with Gasteiger partial charge < -0.3 is 4.74 Å². The van der Waals surface area contributed by atoms with Crippen molar-refractivity contribution < 1.29 is 9.53 Å². The summed E-state index contributed by atoms with van der Waals surface area (Å²) < 4.78 is 6.26. The second-order valence-electron chi connectivity index (χ2n) is 7.04. The molecule has 0 heterocycles. The van der Waals surface area contributed by atoms with Gasteiger partial charge in [0.1, 0.15) is 0 Å². The molecule has 0 aliphatic heterocycles. The summed E-state index contributed by atoms with van der Waals surface area (Å²) in [6.07, 6.45) is 0. The van der Waals surface area contributed by atoms with Crippen LogP contribution in [0.25, 0.3) is 43.4 Å². The van der Waals surface area contributed by atoms with Crippen molar-refractivity contribution >= 4 is 54.2 Å². The van der Waals surface area contributed by atoms with Gasteiger partial charge in [-0.2, -0.15) is 0 Å². The van der Waals surface area contributed by atoms with Gasteiger partial charge in [-0.15, -0.1) is 0 Å². The first-order valence-corrected chi connectivity index (χ1v) is 10.2. The fraction of sp³-hybridized carbons (Fsp3) is 0.0385. The number of fused-ring (bicyclic) bond motifs is 4. The summed E-state index contributed by atoms with van der Waals surface area (Å²) in [7, 11) is 1.44. The number of rotatable bonds is 2. The van der Waals surface area contributed by atoms with E-state index in [9.17, 15) is 4.79 Å². The van der Waals surface area contributed by atoms with Gasteiger partial charge in [-0.1, -0.05) is 82.7 Å². The quantitative estimate of drug-likeness (QED) is 0.211. The minimum Gasteiger partial charge on any atom is -0.465 e. The summed E-state index contributed by atoms with van der Waals surface area (Å²) in [5.41, 5.74) is 2.52. The third-order valence-electron chi connectivity index (χ3n) is 5.41. The van der Waals surface area contributed by atoms with Crippen LogP contribution >= 0.6 is 15.9 Å². The van der Waals surface area contributed by atoms with Gasteiger partial charge in [-0.3, -0.25) is 0 Å². The molecule has 3 heteroatoms. The predicted molar refractivity (Wildman–Crippen MR) is 123 cm³/mol. The van der Waals surface area contributed by atoms with E-state index in [1.807, 2.05) is 36.4 Å². The highest BCUT2D eigenvalue weighted by atomic mass is 79.9. The average molecular weight is 441 g/mol. The van der Waals surface area contributed by atoms with E-state index in [1.54, 1.807) is 0 Å². The van der Waals surface area contributed by atoms with Crippen LogP contribution in [0.4, 0.5) is 0 Å². The second kappa shape index (κ2) is 7.02. The van der Waals surface area contributed by atoms with Crippen LogP contribution in [-0.2, 0) is 4.74 Å². The number of carbonyl (C=O) groups is 1. The summed E-state index contributed by atoms with van der Waals surface area (Å²) in [6, 6.07) is 28.8. The molecular formula is C26H17BrO2. The monoisotopic (exact) mass is 440 g/mol. The maximum Gasteiger partial charge on any atom is 0.339 e. The number of esters is 1. The van der Waals surface area contributed by atoms with Crippen molar-refractivity contribution in [1.82, 2.24) is 0 Å². The molecule has 0 aliphatic rings. The van der Waals surface area contributed by atoms with Gasteiger partial charge in [-0.05, 0) is 56.1 Å². The SMILES string of the molecule is COC(=O)c1c(-c2ccc3cc(Br)ccc3c2)c2ccccc2c2ccccc12. The molecule has 0 unspecified atom stereocenters. The molecule has 0 fully saturated rings. The molecule has 0 aromatic heterocycles. The number of methoxy groups -OCH3 is 1. The van der Waals surface area contributed by atoms with Crippen LogP contribution in [0.3, 0.4) is 0 Å². The lowest BCUT2D eigenvalue weighted by atomic mass is 9.87. The first kappa shape index (κ1) is 17.9. The van der Waals surface area contributed by atoms with Gasteiger partial charge in [0.2, 0.25) is 0 Å². The Morgan fingerprint density at radius 2 is 1.31 bits per heavy atom. The normalized spacial score (nSPS) is 11.2. The van der Waals surface area contributed by atoms with Gasteiger partial charge in [-0.25, -0.2) is 4.79 Å². The van der Waals surface area contributed by atoms with Gasteiger partial charge in [0.05, 0.1) is 12.7 Å². The second-order valence-corrected chi connectivity index (χ2v) is 7.95. The lowest BCUT2D eigenvalue weighted by Crippen LogP contribution is -2.06. The lowest BCUT2D eigenvalue weighted by molar-refractivity contribution is 0.0604. The Hall–Kier alpha value is -3.17. The highest BCUT2D eigenvalue weighted by molar-refractivity contribution is 9.10. The van der Waals surface area contributed by atoms with Crippen LogP contribution in [-0.4, -0.2) is 13.1 Å². The number of hydrogen-bond donors (Lipinski definition) is 0. The van der Waals surface area contributed by atoms with Crippen molar-refractivity contribution in [2.75, 3.05) is 7.11 Å². The molecule has 5 aromatic rings. The van der Waals surface area contributed by atoms with Crippen LogP contribution in [0.5, 0.6) is 0 Å². The number of benzene rings is 5. The van der Waals surface area contributed by atoms with Gasteiger partial charge in [0.25, 0.3) is 0 Å². The van der Waals surface area contributed by atoms with Crippen LogP contribution in [0.1, 0.15) is 10.4 Å². The van der Waals surface area contributed by atoms with E-state index in [1.165, 1.54) is 7.11 Å². The molecule has 140 valence electrons. The van der Waals surface area contributed by atoms with Crippen molar-refractivity contribution in [3.05, 3.63) is 95.0 Å². The molecule has 0 aliphatic carbocycles. The van der Waals surface area contributed by atoms with E-state index in [0.717, 1.165) is 47.9 Å². The van der Waals surface area contributed by atoms with Crippen LogP contribution in [0.15, 0.2) is 89.4 Å². The standard InChI is InChI=1S/C26H17BrO2/c1-29-26(28)25-23-9-5-3-7-21(23)20-6-2-4-8-22(20)24(25)18-11-10-17-15-19(27)13-12-16(17)14-18/h2-15H,1H3. The van der Waals surface area contributed by atoms with Gasteiger partial charge >= 0.3 is 5.97 Å². The van der Waals surface area contributed by atoms with Gasteiger partial charge in [0.15, 0.2) is 0 Å². The molecular weight excluding hydrogens is 424 g/mol. The number of ether oxygens (including phenoxy) is 1. The third-order valence-corrected chi connectivity index (χ3v) is 5.91. The summed E-state index contributed by atoms with van der Waals surface area (Å²) in [4.78, 5) is 12.9. The lowest BCUT2D eigenvalue weighted by Gasteiger charge is -2.17. The summed E-state index contributed by atoms with van der Waals surface area (Å²) in [6.45, 7) is 0. The van der Waals surface area contributed by atoms with E-state index in [-0.39, 0.29) is 5.97 Å². The zero-order chi connectivity index (χ0) is 20.0. The molecule has 5 aromatic carbocycles. The molecule has 0 spiro atoms. The summed E-state index contributed by atoms with van der Waals surface area (Å²) >= 11 is 3.53. The Morgan fingerprint density at radius 1 is 0.724 bits per heavy atom. The first-order valence-electron chi connectivity index (χ1n) is 9.39. The number of carbonyl (C=O) groups excluding carboxylic acids is 1. The zero-order valence-electron chi connectivity index (χ0n) is 15.8. The van der Waals surface area contributed by atoms with Crippen molar-refractivity contribution in [2.24, 2.45) is 0 Å². The maximum absolute atomic E-state index is 12.9. The van der Waals surface area contributed by atoms with Crippen LogP contribution in [0, 0.1) is 0 Å². The van der Waals surface area contributed by atoms with Crippen molar-refractivity contribution in [2.45, 2.75) is 0 Å². The molecule has 5 rings (SSSR count). The average Bonchev–Trinajstić information content (AvgIpc) is 2.77. The Bertz CT molecular complexity index is 1420. The van der Waals surface area contributed by atoms with Crippen molar-refractivity contribution in [3.63, 3.8) is 0 Å². The number of halogens is 1.